The van der Waals surface area contributed by atoms with Crippen LogP contribution in [0.25, 0.3) is 21.5 Å². The van der Waals surface area contributed by atoms with Crippen LogP contribution in [0.5, 0.6) is 0 Å². The summed E-state index contributed by atoms with van der Waals surface area (Å²) in [4.78, 5) is 36.5. The van der Waals surface area contributed by atoms with E-state index in [-0.39, 0.29) is 11.8 Å². The summed E-state index contributed by atoms with van der Waals surface area (Å²) in [5, 5.41) is 4.91. The second-order valence-electron chi connectivity index (χ2n) is 15.7. The number of hydrogen-bond donors (Lipinski definition) is 0. The van der Waals surface area contributed by atoms with Crippen molar-refractivity contribution in [1.82, 2.24) is 14.7 Å². The van der Waals surface area contributed by atoms with Gasteiger partial charge in [0.25, 0.3) is 0 Å². The summed E-state index contributed by atoms with van der Waals surface area (Å²) < 4.78 is 0. The molecule has 0 radical (unpaired) electrons. The van der Waals surface area contributed by atoms with Gasteiger partial charge in [0.1, 0.15) is 0 Å². The average molecular weight is 650 g/mol. The SMILES string of the molecule is O=C(CN(CC(=O)N(C1CCCCC1)C1CCCCC1)Cc1c2ccccc2cc2ccccc12)N(C1CCCCC1)C1CCCCC1. The predicted octanol–water partition coefficient (Wildman–Crippen LogP) is 9.78. The third-order valence-corrected chi connectivity index (χ3v) is 12.4. The molecule has 0 aromatic heterocycles. The summed E-state index contributed by atoms with van der Waals surface area (Å²) >= 11 is 0. The summed E-state index contributed by atoms with van der Waals surface area (Å²) in [5.74, 6) is 0.515. The topological polar surface area (TPSA) is 43.9 Å². The largest absolute Gasteiger partial charge is 0.336 e. The standard InChI is InChI=1S/C43H59N3O2/c47-42(45(35-19-5-1-6-20-35)36-21-7-2-8-22-36)31-44(30-41-39-27-15-13-17-33(39)29-34-18-14-16-28-40(34)41)32-43(48)46(37-23-9-3-10-24-37)38-25-11-4-12-26-38/h13-18,27-29,35-38H,1-12,19-26,30-32H2. The first kappa shape index (κ1) is 33.6. The van der Waals surface area contributed by atoms with Crippen LogP contribution in [-0.2, 0) is 16.1 Å². The molecule has 4 aliphatic carbocycles. The Morgan fingerprint density at radius 1 is 0.479 bits per heavy atom. The van der Waals surface area contributed by atoms with Crippen LogP contribution < -0.4 is 0 Å². The minimum atomic E-state index is 0.257. The zero-order chi connectivity index (χ0) is 32.7. The number of carbonyl (C=O) groups excluding carboxylic acids is 2. The van der Waals surface area contributed by atoms with Crippen molar-refractivity contribution in [2.75, 3.05) is 13.1 Å². The summed E-state index contributed by atoms with van der Waals surface area (Å²) in [6, 6.07) is 21.0. The average Bonchev–Trinajstić information content (AvgIpc) is 3.13. The molecule has 0 atom stereocenters. The van der Waals surface area contributed by atoms with E-state index in [2.05, 4.69) is 69.3 Å². The maximum atomic E-state index is 14.8. The Kier molecular flexibility index (Phi) is 11.3. The molecule has 4 saturated carbocycles. The fraction of sp³-hybridized carbons (Fsp3) is 0.628. The number of amides is 2. The van der Waals surface area contributed by atoms with Gasteiger partial charge in [-0.3, -0.25) is 14.5 Å². The molecule has 0 heterocycles. The third kappa shape index (κ3) is 7.77. The molecule has 3 aromatic rings. The Balaban J connectivity index is 1.23. The molecule has 258 valence electrons. The molecule has 48 heavy (non-hydrogen) atoms. The Bertz CT molecular complexity index is 1370. The van der Waals surface area contributed by atoms with Gasteiger partial charge < -0.3 is 9.80 Å². The molecule has 0 saturated heterocycles. The molecule has 0 bridgehead atoms. The number of fused-ring (bicyclic) bond motifs is 2. The van der Waals surface area contributed by atoms with Gasteiger partial charge in [-0.15, -0.1) is 0 Å². The lowest BCUT2D eigenvalue weighted by molar-refractivity contribution is -0.143. The zero-order valence-electron chi connectivity index (χ0n) is 29.4. The summed E-state index contributed by atoms with van der Waals surface area (Å²) in [7, 11) is 0. The van der Waals surface area contributed by atoms with Crippen LogP contribution in [0.3, 0.4) is 0 Å². The monoisotopic (exact) mass is 649 g/mol. The quantitative estimate of drug-likeness (QED) is 0.205. The maximum Gasteiger partial charge on any atom is 0.237 e. The lowest BCUT2D eigenvalue weighted by Gasteiger charge is -2.44. The van der Waals surface area contributed by atoms with Crippen LogP contribution in [0.2, 0.25) is 0 Å². The van der Waals surface area contributed by atoms with E-state index >= 15 is 0 Å². The van der Waals surface area contributed by atoms with Crippen molar-refractivity contribution in [3.63, 3.8) is 0 Å². The van der Waals surface area contributed by atoms with E-state index < -0.39 is 0 Å². The molecule has 5 heteroatoms. The highest BCUT2D eigenvalue weighted by Gasteiger charge is 2.36. The van der Waals surface area contributed by atoms with Crippen molar-refractivity contribution in [1.29, 1.82) is 0 Å². The van der Waals surface area contributed by atoms with Gasteiger partial charge in [0.05, 0.1) is 13.1 Å². The first-order chi connectivity index (χ1) is 23.7. The molecular formula is C43H59N3O2. The normalized spacial score (nSPS) is 20.8. The number of benzene rings is 3. The van der Waals surface area contributed by atoms with Crippen molar-refractivity contribution < 1.29 is 9.59 Å². The fourth-order valence-corrected chi connectivity index (χ4v) is 10.1. The molecule has 3 aromatic carbocycles. The van der Waals surface area contributed by atoms with Gasteiger partial charge in [0.15, 0.2) is 0 Å². The molecule has 0 unspecified atom stereocenters. The third-order valence-electron chi connectivity index (χ3n) is 12.4. The van der Waals surface area contributed by atoms with Crippen LogP contribution in [0.4, 0.5) is 0 Å². The van der Waals surface area contributed by atoms with Crippen molar-refractivity contribution in [2.24, 2.45) is 0 Å². The number of hydrogen-bond acceptors (Lipinski definition) is 3. The zero-order valence-corrected chi connectivity index (χ0v) is 29.4. The second-order valence-corrected chi connectivity index (χ2v) is 15.7. The van der Waals surface area contributed by atoms with E-state index in [1.807, 2.05) is 0 Å². The number of nitrogens with zero attached hydrogens (tertiary/aromatic N) is 3. The van der Waals surface area contributed by atoms with Crippen molar-refractivity contribution >= 4 is 33.4 Å². The second kappa shape index (κ2) is 16.2. The van der Waals surface area contributed by atoms with Gasteiger partial charge in [0.2, 0.25) is 11.8 Å². The summed E-state index contributed by atoms with van der Waals surface area (Å²) in [5.41, 5.74) is 1.24. The van der Waals surface area contributed by atoms with Gasteiger partial charge in [-0.2, -0.15) is 0 Å². The van der Waals surface area contributed by atoms with E-state index in [4.69, 9.17) is 0 Å². The molecular weight excluding hydrogens is 590 g/mol. The Hall–Kier alpha value is -2.92. The Morgan fingerprint density at radius 2 is 0.812 bits per heavy atom. The molecule has 4 aliphatic rings. The number of carbonyl (C=O) groups is 2. The van der Waals surface area contributed by atoms with Crippen LogP contribution in [0.1, 0.15) is 134 Å². The van der Waals surface area contributed by atoms with E-state index in [9.17, 15) is 9.59 Å². The van der Waals surface area contributed by atoms with Crippen molar-refractivity contribution in [3.8, 4) is 0 Å². The summed E-state index contributed by atoms with van der Waals surface area (Å²) in [6.45, 7) is 1.24. The van der Waals surface area contributed by atoms with Crippen LogP contribution >= 0.6 is 0 Å². The minimum Gasteiger partial charge on any atom is -0.336 e. The highest BCUT2D eigenvalue weighted by Crippen LogP contribution is 2.34. The molecule has 5 nitrogen and oxygen atoms in total. The smallest absolute Gasteiger partial charge is 0.237 e. The lowest BCUT2D eigenvalue weighted by Crippen LogP contribution is -2.54. The van der Waals surface area contributed by atoms with Crippen molar-refractivity contribution in [2.45, 2.75) is 159 Å². The maximum absolute atomic E-state index is 14.8. The van der Waals surface area contributed by atoms with Gasteiger partial charge in [0, 0.05) is 30.7 Å². The molecule has 4 fully saturated rings. The van der Waals surface area contributed by atoms with Gasteiger partial charge in [-0.25, -0.2) is 0 Å². The molecule has 2 amide bonds. The predicted molar refractivity (Wildman–Crippen MR) is 198 cm³/mol. The molecule has 7 rings (SSSR count). The van der Waals surface area contributed by atoms with E-state index in [1.165, 1.54) is 104 Å². The van der Waals surface area contributed by atoms with Crippen LogP contribution in [0, 0.1) is 0 Å². The molecule has 0 spiro atoms. The van der Waals surface area contributed by atoms with Gasteiger partial charge in [-0.1, -0.05) is 126 Å². The van der Waals surface area contributed by atoms with Crippen LogP contribution in [-0.4, -0.2) is 63.8 Å². The summed E-state index contributed by atoms with van der Waals surface area (Å²) in [6.07, 6.45) is 24.0. The first-order valence-electron chi connectivity index (χ1n) is 19.9. The van der Waals surface area contributed by atoms with Gasteiger partial charge >= 0.3 is 0 Å². The fourth-order valence-electron chi connectivity index (χ4n) is 10.1. The van der Waals surface area contributed by atoms with Crippen LogP contribution in [0.15, 0.2) is 54.6 Å². The highest BCUT2D eigenvalue weighted by atomic mass is 16.2. The van der Waals surface area contributed by atoms with E-state index in [1.54, 1.807) is 0 Å². The first-order valence-corrected chi connectivity index (χ1v) is 19.9. The Morgan fingerprint density at radius 3 is 1.17 bits per heavy atom. The lowest BCUT2D eigenvalue weighted by atomic mass is 9.88. The van der Waals surface area contributed by atoms with Crippen molar-refractivity contribution in [3.05, 3.63) is 60.2 Å². The van der Waals surface area contributed by atoms with E-state index in [0.717, 1.165) is 51.4 Å². The molecule has 0 aliphatic heterocycles. The highest BCUT2D eigenvalue weighted by molar-refractivity contribution is 6.02. The molecule has 0 N–H and O–H groups in total. The Labute approximate surface area is 289 Å². The van der Waals surface area contributed by atoms with Gasteiger partial charge in [-0.05, 0) is 84.5 Å². The van der Waals surface area contributed by atoms with E-state index in [0.29, 0.717) is 43.8 Å². The minimum absolute atomic E-state index is 0.257. The number of rotatable bonds is 10.